The summed E-state index contributed by atoms with van der Waals surface area (Å²) in [5.41, 5.74) is 0.591. The van der Waals surface area contributed by atoms with Gasteiger partial charge in [-0.05, 0) is 12.1 Å². The first-order valence-corrected chi connectivity index (χ1v) is 8.69. The summed E-state index contributed by atoms with van der Waals surface area (Å²) < 4.78 is 33.5. The van der Waals surface area contributed by atoms with Crippen molar-refractivity contribution < 1.29 is 13.5 Å². The Morgan fingerprint density at radius 2 is 1.59 bits per heavy atom. The molecule has 1 aliphatic heterocycles. The third kappa shape index (κ3) is 3.88. The van der Waals surface area contributed by atoms with E-state index in [1.807, 2.05) is 30.3 Å². The van der Waals surface area contributed by atoms with Crippen LogP contribution in [0.15, 0.2) is 54.6 Å². The zero-order valence-electron chi connectivity index (χ0n) is 14.5. The van der Waals surface area contributed by atoms with Gasteiger partial charge >= 0.3 is 0 Å². The highest BCUT2D eigenvalue weighted by molar-refractivity contribution is 5.66. The van der Waals surface area contributed by atoms with Crippen LogP contribution in [-0.2, 0) is 4.74 Å². The smallest absolute Gasteiger partial charge is 0.163 e. The van der Waals surface area contributed by atoms with E-state index in [4.69, 9.17) is 4.74 Å². The van der Waals surface area contributed by atoms with Crippen molar-refractivity contribution in [3.8, 4) is 11.4 Å². The average Bonchev–Trinajstić information content (AvgIpc) is 2.72. The third-order valence-corrected chi connectivity index (χ3v) is 4.30. The minimum absolute atomic E-state index is 0.233. The first-order chi connectivity index (χ1) is 13.2. The molecule has 0 aliphatic carbocycles. The average molecular weight is 368 g/mol. The number of hydrogen-bond donors (Lipinski definition) is 1. The molecule has 138 valence electrons. The van der Waals surface area contributed by atoms with Gasteiger partial charge in [0.05, 0.1) is 13.2 Å². The molecule has 0 saturated carbocycles. The van der Waals surface area contributed by atoms with Crippen molar-refractivity contribution in [3.63, 3.8) is 0 Å². The van der Waals surface area contributed by atoms with Gasteiger partial charge in [-0.2, -0.15) is 0 Å². The number of aromatic nitrogens is 2. The van der Waals surface area contributed by atoms with Gasteiger partial charge in [0.2, 0.25) is 0 Å². The van der Waals surface area contributed by atoms with E-state index in [-0.39, 0.29) is 5.69 Å². The molecule has 1 aliphatic rings. The van der Waals surface area contributed by atoms with Crippen LogP contribution >= 0.6 is 0 Å². The van der Waals surface area contributed by atoms with E-state index in [1.54, 1.807) is 6.07 Å². The van der Waals surface area contributed by atoms with E-state index in [0.717, 1.165) is 5.56 Å². The van der Waals surface area contributed by atoms with Crippen molar-refractivity contribution in [3.05, 3.63) is 66.2 Å². The Morgan fingerprint density at radius 3 is 2.30 bits per heavy atom. The molecule has 7 heteroatoms. The molecule has 1 N–H and O–H groups in total. The molecular weight excluding hydrogens is 350 g/mol. The molecule has 0 radical (unpaired) electrons. The molecule has 0 atom stereocenters. The maximum Gasteiger partial charge on any atom is 0.163 e. The fourth-order valence-corrected chi connectivity index (χ4v) is 2.91. The quantitative estimate of drug-likeness (QED) is 0.754. The van der Waals surface area contributed by atoms with Crippen LogP contribution in [-0.4, -0.2) is 36.3 Å². The molecule has 5 nitrogen and oxygen atoms in total. The summed E-state index contributed by atoms with van der Waals surface area (Å²) in [6.45, 7) is 2.60. The molecule has 27 heavy (non-hydrogen) atoms. The van der Waals surface area contributed by atoms with Gasteiger partial charge in [0.15, 0.2) is 5.82 Å². The lowest BCUT2D eigenvalue weighted by Crippen LogP contribution is -2.36. The van der Waals surface area contributed by atoms with Gasteiger partial charge in [0.25, 0.3) is 0 Å². The van der Waals surface area contributed by atoms with Crippen molar-refractivity contribution in [2.24, 2.45) is 0 Å². The highest BCUT2D eigenvalue weighted by atomic mass is 19.1. The minimum Gasteiger partial charge on any atom is -0.378 e. The highest BCUT2D eigenvalue weighted by Crippen LogP contribution is 2.27. The molecule has 1 saturated heterocycles. The molecule has 2 aromatic carbocycles. The van der Waals surface area contributed by atoms with E-state index >= 15 is 0 Å². The summed E-state index contributed by atoms with van der Waals surface area (Å²) >= 11 is 0. The van der Waals surface area contributed by atoms with Gasteiger partial charge < -0.3 is 15.0 Å². The minimum atomic E-state index is -0.678. The van der Waals surface area contributed by atoms with Gasteiger partial charge in [-0.3, -0.25) is 0 Å². The summed E-state index contributed by atoms with van der Waals surface area (Å²) in [5.74, 6) is 0.144. The van der Waals surface area contributed by atoms with Crippen molar-refractivity contribution in [1.29, 1.82) is 0 Å². The zero-order valence-corrected chi connectivity index (χ0v) is 14.5. The van der Waals surface area contributed by atoms with Gasteiger partial charge in [-0.1, -0.05) is 36.4 Å². The van der Waals surface area contributed by atoms with Crippen LogP contribution in [0.1, 0.15) is 0 Å². The maximum atomic E-state index is 14.0. The molecule has 2 heterocycles. The molecule has 0 unspecified atom stereocenters. The van der Waals surface area contributed by atoms with Crippen molar-refractivity contribution in [1.82, 2.24) is 9.97 Å². The number of nitrogens with one attached hydrogen (secondary N) is 1. The lowest BCUT2D eigenvalue weighted by molar-refractivity contribution is 0.122. The number of benzene rings is 2. The molecular formula is C20H18F2N4O. The second kappa shape index (κ2) is 7.67. The summed E-state index contributed by atoms with van der Waals surface area (Å²) in [4.78, 5) is 11.2. The number of nitrogens with zero attached hydrogens (tertiary/aromatic N) is 3. The van der Waals surface area contributed by atoms with Crippen LogP contribution in [0.25, 0.3) is 11.4 Å². The Morgan fingerprint density at radius 1 is 0.889 bits per heavy atom. The van der Waals surface area contributed by atoms with E-state index in [1.165, 1.54) is 18.2 Å². The van der Waals surface area contributed by atoms with Crippen molar-refractivity contribution >= 4 is 17.3 Å². The first-order valence-electron chi connectivity index (χ1n) is 8.69. The van der Waals surface area contributed by atoms with Gasteiger partial charge in [0, 0.05) is 24.7 Å². The number of para-hydroxylation sites is 1. The fraction of sp³-hybridized carbons (Fsp3) is 0.200. The largest absolute Gasteiger partial charge is 0.378 e. The summed E-state index contributed by atoms with van der Waals surface area (Å²) in [5, 5.41) is 2.77. The topological polar surface area (TPSA) is 50.3 Å². The molecule has 0 spiro atoms. The van der Waals surface area contributed by atoms with E-state index < -0.39 is 11.6 Å². The lowest BCUT2D eigenvalue weighted by Gasteiger charge is -2.28. The molecule has 0 amide bonds. The molecule has 1 aromatic heterocycles. The normalized spacial score (nSPS) is 14.2. The number of halogens is 2. The van der Waals surface area contributed by atoms with Gasteiger partial charge in [-0.25, -0.2) is 18.7 Å². The maximum absolute atomic E-state index is 14.0. The van der Waals surface area contributed by atoms with E-state index in [9.17, 15) is 8.78 Å². The standard InChI is InChI=1S/C20H18F2N4O/c21-15-7-4-8-16(22)19(15)23-17-13-18(26-9-11-27-12-10-26)25-20(24-17)14-5-2-1-3-6-14/h1-8,13H,9-12H2,(H,23,24,25). The van der Waals surface area contributed by atoms with Crippen LogP contribution in [0, 0.1) is 11.6 Å². The highest BCUT2D eigenvalue weighted by Gasteiger charge is 2.17. The second-order valence-corrected chi connectivity index (χ2v) is 6.12. The van der Waals surface area contributed by atoms with Crippen LogP contribution in [0.2, 0.25) is 0 Å². The molecule has 3 aromatic rings. The molecule has 4 rings (SSSR count). The molecule has 1 fully saturated rings. The van der Waals surface area contributed by atoms with Crippen LogP contribution < -0.4 is 10.2 Å². The monoisotopic (exact) mass is 368 g/mol. The Balaban J connectivity index is 1.75. The van der Waals surface area contributed by atoms with E-state index in [2.05, 4.69) is 20.2 Å². The SMILES string of the molecule is Fc1cccc(F)c1Nc1cc(N2CCOCC2)nc(-c2ccccc2)n1. The number of morpholine rings is 1. The van der Waals surface area contributed by atoms with Crippen molar-refractivity contribution in [2.45, 2.75) is 0 Å². The summed E-state index contributed by atoms with van der Waals surface area (Å²) in [6, 6.07) is 14.9. The lowest BCUT2D eigenvalue weighted by atomic mass is 10.2. The second-order valence-electron chi connectivity index (χ2n) is 6.12. The summed E-state index contributed by atoms with van der Waals surface area (Å²) in [7, 11) is 0. The Labute approximate surface area is 155 Å². The van der Waals surface area contributed by atoms with Crippen LogP contribution in [0.4, 0.5) is 26.1 Å². The number of anilines is 3. The number of ether oxygens (including phenoxy) is 1. The predicted molar refractivity (Wildman–Crippen MR) is 100 cm³/mol. The Bertz CT molecular complexity index is 910. The fourth-order valence-electron chi connectivity index (χ4n) is 2.91. The van der Waals surface area contributed by atoms with E-state index in [0.29, 0.717) is 43.8 Å². The third-order valence-electron chi connectivity index (χ3n) is 4.30. The number of rotatable bonds is 4. The summed E-state index contributed by atoms with van der Waals surface area (Å²) in [6.07, 6.45) is 0. The zero-order chi connectivity index (χ0) is 18.6. The first kappa shape index (κ1) is 17.4. The number of hydrogen-bond acceptors (Lipinski definition) is 5. The van der Waals surface area contributed by atoms with Crippen LogP contribution in [0.3, 0.4) is 0 Å². The van der Waals surface area contributed by atoms with Crippen LogP contribution in [0.5, 0.6) is 0 Å². The van der Waals surface area contributed by atoms with Gasteiger partial charge in [-0.15, -0.1) is 0 Å². The predicted octanol–water partition coefficient (Wildman–Crippen LogP) is 4.00. The Kier molecular flexibility index (Phi) is 4.93. The van der Waals surface area contributed by atoms with Gasteiger partial charge in [0.1, 0.15) is 29.0 Å². The molecule has 0 bridgehead atoms. The van der Waals surface area contributed by atoms with Crippen molar-refractivity contribution in [2.75, 3.05) is 36.5 Å². The Hall–Kier alpha value is -3.06.